The zero-order chi connectivity index (χ0) is 0. The Balaban J connectivity index is 0. The van der Waals surface area contributed by atoms with Crippen molar-refractivity contribution in [3.05, 3.63) is 0 Å². The summed E-state index contributed by atoms with van der Waals surface area (Å²) in [6, 6.07) is 0. The quantitative estimate of drug-likeness (QED) is 0.528. The predicted octanol–water partition coefficient (Wildman–Crippen LogP) is -0.505. The first-order valence-electron chi connectivity index (χ1n) is 0. The summed E-state index contributed by atoms with van der Waals surface area (Å²) in [6.07, 6.45) is 0. The van der Waals surface area contributed by atoms with Crippen LogP contribution in [0.3, 0.4) is 0 Å². The van der Waals surface area contributed by atoms with Crippen molar-refractivity contribution in [2.75, 3.05) is 0 Å². The molecule has 0 atom stereocenters. The standard InChI is InChI=1S/Bi.Co.O.Zn/q+3;+2;-2;+2. The van der Waals surface area contributed by atoms with Crippen LogP contribution >= 0.6 is 0 Å². The molecule has 0 bridgehead atoms. The molecule has 0 saturated heterocycles. The first kappa shape index (κ1) is 37.9. The van der Waals surface area contributed by atoms with Crippen LogP contribution in [0.4, 0.5) is 0 Å². The van der Waals surface area contributed by atoms with Crippen molar-refractivity contribution in [3.8, 4) is 0 Å². The Labute approximate surface area is 67.3 Å². The Morgan fingerprint density at radius 2 is 1.00 bits per heavy atom. The van der Waals surface area contributed by atoms with Crippen LogP contribution in [0.5, 0.6) is 0 Å². The topological polar surface area (TPSA) is 28.5 Å². The summed E-state index contributed by atoms with van der Waals surface area (Å²) in [6.45, 7) is 0. The molecule has 0 aliphatic carbocycles. The number of hydrogen-bond donors (Lipinski definition) is 0. The van der Waals surface area contributed by atoms with Gasteiger partial charge < -0.3 is 5.48 Å². The maximum absolute atomic E-state index is 0. The molecule has 0 heterocycles. The van der Waals surface area contributed by atoms with E-state index in [0.717, 1.165) is 0 Å². The molecule has 0 rings (SSSR count). The Morgan fingerprint density at radius 3 is 1.00 bits per heavy atom. The van der Waals surface area contributed by atoms with Crippen LogP contribution in [-0.2, 0) is 41.7 Å². The molecule has 0 N–H and O–H groups in total. The molecule has 0 aliphatic rings. The van der Waals surface area contributed by atoms with Crippen LogP contribution in [-0.4, -0.2) is 26.2 Å². The fraction of sp³-hybridized carbons (Fsp3) is 0. The Hall–Kier alpha value is 1.97. The van der Waals surface area contributed by atoms with Gasteiger partial charge >= 0.3 is 62.5 Å². The summed E-state index contributed by atoms with van der Waals surface area (Å²) >= 11 is 0. The Morgan fingerprint density at radius 1 is 1.00 bits per heavy atom. The summed E-state index contributed by atoms with van der Waals surface area (Å²) in [5.41, 5.74) is 0. The van der Waals surface area contributed by atoms with Gasteiger partial charge in [-0.2, -0.15) is 0 Å². The van der Waals surface area contributed by atoms with Gasteiger partial charge in [0.1, 0.15) is 0 Å². The fourth-order valence-electron chi connectivity index (χ4n) is 0. The van der Waals surface area contributed by atoms with Gasteiger partial charge in [-0.25, -0.2) is 0 Å². The molecule has 0 aromatic rings. The first-order valence-corrected chi connectivity index (χ1v) is 0. The van der Waals surface area contributed by atoms with E-state index in [1.807, 2.05) is 0 Å². The molecule has 0 unspecified atom stereocenters. The van der Waals surface area contributed by atoms with E-state index >= 15 is 0 Å². The average molecular weight is 349 g/mol. The third-order valence-corrected chi connectivity index (χ3v) is 0. The molecule has 0 aromatic carbocycles. The molecule has 0 amide bonds. The van der Waals surface area contributed by atoms with Gasteiger partial charge in [-0.15, -0.1) is 0 Å². The van der Waals surface area contributed by atoms with E-state index in [9.17, 15) is 0 Å². The predicted molar refractivity (Wildman–Crippen MR) is 6.44 cm³/mol. The largest absolute Gasteiger partial charge is 3.00 e. The molecule has 0 aliphatic heterocycles. The van der Waals surface area contributed by atoms with Gasteiger partial charge in [0.05, 0.1) is 0 Å². The molecule has 1 nitrogen and oxygen atoms in total. The minimum atomic E-state index is 0. The first-order chi connectivity index (χ1) is 0. The van der Waals surface area contributed by atoms with E-state index in [2.05, 4.69) is 0 Å². The maximum Gasteiger partial charge on any atom is 3.00 e. The summed E-state index contributed by atoms with van der Waals surface area (Å²) < 4.78 is 0. The van der Waals surface area contributed by atoms with Crippen LogP contribution in [0.15, 0.2) is 0 Å². The molecule has 0 spiro atoms. The second-order valence-corrected chi connectivity index (χ2v) is 0. The molecule has 3 radical (unpaired) electrons. The third kappa shape index (κ3) is 9.02. The molecule has 0 saturated carbocycles. The smallest absolute Gasteiger partial charge is 2.00 e. The molecule has 0 aromatic heterocycles. The van der Waals surface area contributed by atoms with E-state index in [1.54, 1.807) is 0 Å². The van der Waals surface area contributed by atoms with Gasteiger partial charge in [0.15, 0.2) is 0 Å². The molecule has 4 heavy (non-hydrogen) atoms. The Bertz CT molecular complexity index is 8.00. The van der Waals surface area contributed by atoms with Crippen LogP contribution < -0.4 is 0 Å². The van der Waals surface area contributed by atoms with Crippen molar-refractivity contribution < 1.29 is 41.7 Å². The van der Waals surface area contributed by atoms with Gasteiger partial charge in [0.25, 0.3) is 0 Å². The van der Waals surface area contributed by atoms with Crippen molar-refractivity contribution >= 4 is 26.2 Å². The zero-order valence-corrected chi connectivity index (χ0v) is 9.38. The van der Waals surface area contributed by atoms with Crippen molar-refractivity contribution in [2.24, 2.45) is 0 Å². The van der Waals surface area contributed by atoms with Crippen LogP contribution in [0.1, 0.15) is 0 Å². The van der Waals surface area contributed by atoms with E-state index in [0.29, 0.717) is 0 Å². The molecular formula is BiCoOZn+5. The molecule has 17 valence electrons. The van der Waals surface area contributed by atoms with Gasteiger partial charge in [0.2, 0.25) is 0 Å². The normalized spacial score (nSPS) is 0. The van der Waals surface area contributed by atoms with Gasteiger partial charge in [0, 0.05) is 0 Å². The minimum absolute atomic E-state index is 0. The van der Waals surface area contributed by atoms with E-state index in [4.69, 9.17) is 0 Å². The van der Waals surface area contributed by atoms with Crippen LogP contribution in [0.25, 0.3) is 0 Å². The summed E-state index contributed by atoms with van der Waals surface area (Å²) in [5, 5.41) is 0. The van der Waals surface area contributed by atoms with Crippen molar-refractivity contribution in [3.63, 3.8) is 0 Å². The van der Waals surface area contributed by atoms with E-state index in [1.165, 1.54) is 0 Å². The average Bonchev–Trinajstić information content (AvgIpc) is 0. The summed E-state index contributed by atoms with van der Waals surface area (Å²) in [4.78, 5) is 0. The third-order valence-electron chi connectivity index (χ3n) is 0. The van der Waals surface area contributed by atoms with E-state index in [-0.39, 0.29) is 67.9 Å². The van der Waals surface area contributed by atoms with E-state index < -0.39 is 0 Å². The van der Waals surface area contributed by atoms with Gasteiger partial charge in [-0.1, -0.05) is 0 Å². The monoisotopic (exact) mass is 348 g/mol. The fourth-order valence-corrected chi connectivity index (χ4v) is 0. The Kier molecular flexibility index (Phi) is 191. The summed E-state index contributed by atoms with van der Waals surface area (Å²) in [7, 11) is 0. The van der Waals surface area contributed by atoms with Crippen molar-refractivity contribution in [2.45, 2.75) is 0 Å². The van der Waals surface area contributed by atoms with Crippen LogP contribution in [0, 0.1) is 0 Å². The second-order valence-electron chi connectivity index (χ2n) is 0. The molecule has 4 heteroatoms. The SMILES string of the molecule is [Bi+3].[Co+2].[O-2].[Zn+2]. The number of rotatable bonds is 0. The molecular weight excluding hydrogens is 349 g/mol. The van der Waals surface area contributed by atoms with Gasteiger partial charge in [-0.3, -0.25) is 0 Å². The second kappa shape index (κ2) is 20.2. The van der Waals surface area contributed by atoms with Crippen molar-refractivity contribution in [1.29, 1.82) is 0 Å². The minimum Gasteiger partial charge on any atom is -2.00 e. The number of hydrogen-bond acceptors (Lipinski definition) is 0. The maximum atomic E-state index is 0. The van der Waals surface area contributed by atoms with Crippen molar-refractivity contribution in [1.82, 2.24) is 0 Å². The van der Waals surface area contributed by atoms with Gasteiger partial charge in [-0.05, 0) is 0 Å². The zero-order valence-electron chi connectivity index (χ0n) is 1.90. The van der Waals surface area contributed by atoms with Crippen LogP contribution in [0.2, 0.25) is 0 Å². The summed E-state index contributed by atoms with van der Waals surface area (Å²) in [5.74, 6) is 0. The molecule has 0 fully saturated rings.